The average Bonchev–Trinajstić information content (AvgIpc) is 1.99. The molecule has 1 aromatic heterocycles. The van der Waals surface area contributed by atoms with Crippen molar-refractivity contribution >= 4 is 0 Å². The molecule has 0 bridgehead atoms. The lowest BCUT2D eigenvalue weighted by atomic mass is 9.80. The maximum absolute atomic E-state index is 11.2. The van der Waals surface area contributed by atoms with Crippen LogP contribution in [0.3, 0.4) is 0 Å². The van der Waals surface area contributed by atoms with Crippen LogP contribution in [0.25, 0.3) is 0 Å². The first kappa shape index (κ1) is 9.31. The molecule has 76 valence electrons. The Morgan fingerprint density at radius 1 is 1.50 bits per heavy atom. The van der Waals surface area contributed by atoms with Gasteiger partial charge in [0.15, 0.2) is 0 Å². The smallest absolute Gasteiger partial charge is 0.251 e. The molecule has 0 aromatic carbocycles. The SMILES string of the molecule is CC1Cc2[nH]c(=O)cc(O)c2C(C)C1. The molecule has 0 saturated carbocycles. The minimum absolute atomic E-state index is 0.156. The van der Waals surface area contributed by atoms with Crippen molar-refractivity contribution in [2.75, 3.05) is 0 Å². The zero-order valence-corrected chi connectivity index (χ0v) is 8.50. The van der Waals surface area contributed by atoms with Crippen LogP contribution in [0.1, 0.15) is 37.4 Å². The van der Waals surface area contributed by atoms with Crippen LogP contribution in [0.2, 0.25) is 0 Å². The van der Waals surface area contributed by atoms with Crippen LogP contribution in [0.5, 0.6) is 5.75 Å². The highest BCUT2D eigenvalue weighted by molar-refractivity contribution is 5.39. The zero-order valence-electron chi connectivity index (χ0n) is 8.50. The van der Waals surface area contributed by atoms with E-state index >= 15 is 0 Å². The van der Waals surface area contributed by atoms with Crippen molar-refractivity contribution < 1.29 is 5.11 Å². The maximum Gasteiger partial charge on any atom is 0.251 e. The third kappa shape index (κ3) is 1.43. The van der Waals surface area contributed by atoms with E-state index in [-0.39, 0.29) is 11.3 Å². The molecule has 0 radical (unpaired) electrons. The van der Waals surface area contributed by atoms with E-state index in [1.165, 1.54) is 6.07 Å². The lowest BCUT2D eigenvalue weighted by molar-refractivity contribution is 0.407. The van der Waals surface area contributed by atoms with Crippen LogP contribution >= 0.6 is 0 Å². The Kier molecular flexibility index (Phi) is 2.10. The second-order valence-electron chi connectivity index (χ2n) is 4.36. The number of pyridine rings is 1. The van der Waals surface area contributed by atoms with Crippen LogP contribution in [0, 0.1) is 5.92 Å². The number of aromatic hydroxyl groups is 1. The maximum atomic E-state index is 11.2. The number of fused-ring (bicyclic) bond motifs is 1. The molecule has 3 heteroatoms. The highest BCUT2D eigenvalue weighted by Gasteiger charge is 2.24. The molecule has 2 rings (SSSR count). The summed E-state index contributed by atoms with van der Waals surface area (Å²) in [5.74, 6) is 1.07. The van der Waals surface area contributed by atoms with Gasteiger partial charge in [-0.25, -0.2) is 0 Å². The van der Waals surface area contributed by atoms with E-state index in [0.717, 1.165) is 24.1 Å². The molecule has 1 heterocycles. The van der Waals surface area contributed by atoms with Gasteiger partial charge in [-0.1, -0.05) is 13.8 Å². The summed E-state index contributed by atoms with van der Waals surface area (Å²) in [7, 11) is 0. The summed E-state index contributed by atoms with van der Waals surface area (Å²) in [5.41, 5.74) is 1.64. The molecule has 0 fully saturated rings. The summed E-state index contributed by atoms with van der Waals surface area (Å²) < 4.78 is 0. The summed E-state index contributed by atoms with van der Waals surface area (Å²) in [5, 5.41) is 9.67. The Labute approximate surface area is 82.8 Å². The second-order valence-corrected chi connectivity index (χ2v) is 4.36. The molecule has 0 saturated heterocycles. The Hall–Kier alpha value is -1.25. The van der Waals surface area contributed by atoms with Gasteiger partial charge in [-0.05, 0) is 24.7 Å². The van der Waals surface area contributed by atoms with Gasteiger partial charge in [-0.2, -0.15) is 0 Å². The normalized spacial score (nSPS) is 25.9. The average molecular weight is 193 g/mol. The lowest BCUT2D eigenvalue weighted by Crippen LogP contribution is -2.20. The molecular weight excluding hydrogens is 178 g/mol. The van der Waals surface area contributed by atoms with Crippen molar-refractivity contribution in [3.05, 3.63) is 27.7 Å². The van der Waals surface area contributed by atoms with Gasteiger partial charge in [0.05, 0.1) is 0 Å². The monoisotopic (exact) mass is 193 g/mol. The fraction of sp³-hybridized carbons (Fsp3) is 0.545. The molecule has 1 aromatic rings. The fourth-order valence-electron chi connectivity index (χ4n) is 2.47. The van der Waals surface area contributed by atoms with E-state index < -0.39 is 0 Å². The molecule has 3 nitrogen and oxygen atoms in total. The number of rotatable bonds is 0. The predicted molar refractivity (Wildman–Crippen MR) is 54.6 cm³/mol. The van der Waals surface area contributed by atoms with Crippen LogP contribution < -0.4 is 5.56 Å². The number of hydrogen-bond donors (Lipinski definition) is 2. The van der Waals surface area contributed by atoms with Gasteiger partial charge in [0.2, 0.25) is 0 Å². The Bertz CT molecular complexity index is 408. The van der Waals surface area contributed by atoms with Gasteiger partial charge in [0.1, 0.15) is 5.75 Å². The summed E-state index contributed by atoms with van der Waals surface area (Å²) in [6, 6.07) is 1.27. The number of aromatic nitrogens is 1. The first-order chi connectivity index (χ1) is 6.58. The van der Waals surface area contributed by atoms with Crippen molar-refractivity contribution in [1.29, 1.82) is 0 Å². The van der Waals surface area contributed by atoms with Crippen molar-refractivity contribution in [1.82, 2.24) is 4.98 Å². The molecule has 0 spiro atoms. The van der Waals surface area contributed by atoms with E-state index in [4.69, 9.17) is 0 Å². The van der Waals surface area contributed by atoms with E-state index in [2.05, 4.69) is 18.8 Å². The first-order valence-electron chi connectivity index (χ1n) is 5.03. The first-order valence-corrected chi connectivity index (χ1v) is 5.03. The molecule has 2 unspecified atom stereocenters. The Morgan fingerprint density at radius 2 is 2.21 bits per heavy atom. The minimum Gasteiger partial charge on any atom is -0.507 e. The Balaban J connectivity index is 2.59. The van der Waals surface area contributed by atoms with Gasteiger partial charge < -0.3 is 10.1 Å². The molecular formula is C11H15NO2. The lowest BCUT2D eigenvalue weighted by Gasteiger charge is -2.27. The molecule has 14 heavy (non-hydrogen) atoms. The minimum atomic E-state index is -0.206. The molecule has 1 aliphatic rings. The summed E-state index contributed by atoms with van der Waals surface area (Å²) in [6.07, 6.45) is 1.94. The van der Waals surface area contributed by atoms with Gasteiger partial charge in [-0.15, -0.1) is 0 Å². The van der Waals surface area contributed by atoms with E-state index in [9.17, 15) is 9.90 Å². The molecule has 0 amide bonds. The van der Waals surface area contributed by atoms with Crippen molar-refractivity contribution in [3.8, 4) is 5.75 Å². The number of aromatic amines is 1. The summed E-state index contributed by atoms with van der Waals surface area (Å²) >= 11 is 0. The molecule has 2 N–H and O–H groups in total. The highest BCUT2D eigenvalue weighted by Crippen LogP contribution is 2.37. The summed E-state index contributed by atoms with van der Waals surface area (Å²) in [4.78, 5) is 14.0. The highest BCUT2D eigenvalue weighted by atomic mass is 16.3. The molecule has 1 aliphatic carbocycles. The zero-order chi connectivity index (χ0) is 10.3. The van der Waals surface area contributed by atoms with Gasteiger partial charge in [0.25, 0.3) is 5.56 Å². The summed E-state index contributed by atoms with van der Waals surface area (Å²) in [6.45, 7) is 4.26. The number of hydrogen-bond acceptors (Lipinski definition) is 2. The van der Waals surface area contributed by atoms with E-state index in [1.54, 1.807) is 0 Å². The van der Waals surface area contributed by atoms with E-state index in [0.29, 0.717) is 11.8 Å². The predicted octanol–water partition coefficient (Wildman–Crippen LogP) is 1.77. The van der Waals surface area contributed by atoms with Crippen molar-refractivity contribution in [2.24, 2.45) is 5.92 Å². The van der Waals surface area contributed by atoms with E-state index in [1.807, 2.05) is 0 Å². The third-order valence-electron chi connectivity index (χ3n) is 2.94. The topological polar surface area (TPSA) is 53.1 Å². The van der Waals surface area contributed by atoms with Crippen LogP contribution in [0.15, 0.2) is 10.9 Å². The Morgan fingerprint density at radius 3 is 2.93 bits per heavy atom. The van der Waals surface area contributed by atoms with Crippen LogP contribution in [0.4, 0.5) is 0 Å². The molecule has 0 aliphatic heterocycles. The van der Waals surface area contributed by atoms with Crippen LogP contribution in [-0.4, -0.2) is 10.1 Å². The third-order valence-corrected chi connectivity index (χ3v) is 2.94. The van der Waals surface area contributed by atoms with Crippen molar-refractivity contribution in [3.63, 3.8) is 0 Å². The quantitative estimate of drug-likeness (QED) is 0.659. The molecule has 2 atom stereocenters. The number of H-pyrrole nitrogens is 1. The van der Waals surface area contributed by atoms with Gasteiger partial charge in [0, 0.05) is 17.3 Å². The van der Waals surface area contributed by atoms with Crippen LogP contribution in [-0.2, 0) is 6.42 Å². The fourth-order valence-corrected chi connectivity index (χ4v) is 2.47. The van der Waals surface area contributed by atoms with Gasteiger partial charge in [-0.3, -0.25) is 4.79 Å². The largest absolute Gasteiger partial charge is 0.507 e. The van der Waals surface area contributed by atoms with Gasteiger partial charge >= 0.3 is 0 Å². The number of nitrogens with one attached hydrogen (secondary N) is 1. The second kappa shape index (κ2) is 3.15. The standard InChI is InChI=1S/C11H15NO2/c1-6-3-7(2)11-8(4-6)12-10(14)5-9(11)13/h5-7H,3-4H2,1-2H3,(H2,12,13,14). The van der Waals surface area contributed by atoms with Crippen molar-refractivity contribution in [2.45, 2.75) is 32.6 Å².